The van der Waals surface area contributed by atoms with Crippen molar-refractivity contribution in [3.8, 4) is 0 Å². The van der Waals surface area contributed by atoms with Crippen LogP contribution in [0.4, 0.5) is 0 Å². The first-order chi connectivity index (χ1) is 6.79. The third-order valence-electron chi connectivity index (χ3n) is 2.68. The van der Waals surface area contributed by atoms with E-state index < -0.39 is 0 Å². The quantitative estimate of drug-likeness (QED) is 0.654. The van der Waals surface area contributed by atoms with Gasteiger partial charge in [0.2, 0.25) is 0 Å². The fourth-order valence-corrected chi connectivity index (χ4v) is 1.78. The minimum atomic E-state index is 0.612. The van der Waals surface area contributed by atoms with Crippen molar-refractivity contribution < 1.29 is 9.30 Å². The Morgan fingerprint density at radius 1 is 1.43 bits per heavy atom. The molecule has 0 spiro atoms. The van der Waals surface area contributed by atoms with E-state index in [1.54, 1.807) is 7.11 Å². The molecule has 1 aromatic heterocycles. The predicted octanol–water partition coefficient (Wildman–Crippen LogP) is 2.04. The lowest BCUT2D eigenvalue weighted by Gasteiger charge is -2.11. The van der Waals surface area contributed by atoms with Crippen molar-refractivity contribution in [2.75, 3.05) is 13.7 Å². The van der Waals surface area contributed by atoms with Crippen molar-refractivity contribution in [2.24, 2.45) is 7.05 Å². The molecule has 14 heavy (non-hydrogen) atoms. The second-order valence-electron chi connectivity index (χ2n) is 3.62. The van der Waals surface area contributed by atoms with Crippen molar-refractivity contribution in [3.63, 3.8) is 0 Å². The highest BCUT2D eigenvalue weighted by Gasteiger charge is 2.17. The van der Waals surface area contributed by atoms with Crippen LogP contribution in [0.3, 0.4) is 0 Å². The maximum Gasteiger partial charge on any atom is 0.184 e. The number of ether oxygens (including phenoxy) is 1. The van der Waals surface area contributed by atoms with Crippen LogP contribution in [-0.2, 0) is 11.8 Å². The van der Waals surface area contributed by atoms with E-state index in [-0.39, 0.29) is 0 Å². The summed E-state index contributed by atoms with van der Waals surface area (Å²) in [5.74, 6) is 0.612. The fraction of sp³-hybridized carbons (Fsp3) is 0.583. The molecule has 2 heteroatoms. The van der Waals surface area contributed by atoms with Gasteiger partial charge in [0.1, 0.15) is 7.05 Å². The Labute approximate surface area is 86.5 Å². The highest BCUT2D eigenvalue weighted by molar-refractivity contribution is 5.03. The minimum absolute atomic E-state index is 0.612. The molecule has 1 unspecified atom stereocenters. The Balaban J connectivity index is 2.73. The smallest absolute Gasteiger partial charge is 0.184 e. The normalized spacial score (nSPS) is 12.8. The number of nitrogens with zero attached hydrogens (tertiary/aromatic N) is 1. The summed E-state index contributed by atoms with van der Waals surface area (Å²) < 4.78 is 7.32. The maximum absolute atomic E-state index is 5.13. The molecule has 78 valence electrons. The van der Waals surface area contributed by atoms with E-state index in [1.165, 1.54) is 12.1 Å². The molecule has 0 aliphatic heterocycles. The zero-order valence-electron chi connectivity index (χ0n) is 9.36. The third-order valence-corrected chi connectivity index (χ3v) is 2.68. The second kappa shape index (κ2) is 5.76. The summed E-state index contributed by atoms with van der Waals surface area (Å²) in [6.07, 6.45) is 4.37. The fourth-order valence-electron chi connectivity index (χ4n) is 1.78. The van der Waals surface area contributed by atoms with Crippen LogP contribution < -0.4 is 4.57 Å². The molecule has 1 heterocycles. The summed E-state index contributed by atoms with van der Waals surface area (Å²) in [5, 5.41) is 0. The number of pyridine rings is 1. The Kier molecular flexibility index (Phi) is 4.60. The van der Waals surface area contributed by atoms with Crippen molar-refractivity contribution in [3.05, 3.63) is 30.1 Å². The van der Waals surface area contributed by atoms with Crippen LogP contribution in [0.15, 0.2) is 24.4 Å². The Morgan fingerprint density at radius 3 is 2.79 bits per heavy atom. The van der Waals surface area contributed by atoms with Gasteiger partial charge in [-0.15, -0.1) is 0 Å². The van der Waals surface area contributed by atoms with Gasteiger partial charge in [-0.25, -0.2) is 4.57 Å². The Morgan fingerprint density at radius 2 is 2.21 bits per heavy atom. The maximum atomic E-state index is 5.13. The van der Waals surface area contributed by atoms with Gasteiger partial charge in [0, 0.05) is 31.8 Å². The highest BCUT2D eigenvalue weighted by atomic mass is 16.5. The van der Waals surface area contributed by atoms with Gasteiger partial charge in [0.25, 0.3) is 0 Å². The van der Waals surface area contributed by atoms with Gasteiger partial charge in [-0.05, 0) is 12.8 Å². The summed E-state index contributed by atoms with van der Waals surface area (Å²) in [5.41, 5.74) is 1.40. The topological polar surface area (TPSA) is 13.1 Å². The van der Waals surface area contributed by atoms with E-state index in [0.29, 0.717) is 5.92 Å². The summed E-state index contributed by atoms with van der Waals surface area (Å²) >= 11 is 0. The highest BCUT2D eigenvalue weighted by Crippen LogP contribution is 2.19. The zero-order chi connectivity index (χ0) is 10.4. The van der Waals surface area contributed by atoms with Crippen LogP contribution in [0.1, 0.15) is 31.4 Å². The molecule has 0 N–H and O–H groups in total. The van der Waals surface area contributed by atoms with Gasteiger partial charge in [0.15, 0.2) is 11.9 Å². The first-order valence-electron chi connectivity index (χ1n) is 5.23. The van der Waals surface area contributed by atoms with E-state index in [9.17, 15) is 0 Å². The molecule has 1 rings (SSSR count). The van der Waals surface area contributed by atoms with Crippen LogP contribution in [0.5, 0.6) is 0 Å². The van der Waals surface area contributed by atoms with Crippen LogP contribution in [0, 0.1) is 0 Å². The monoisotopic (exact) mass is 194 g/mol. The lowest BCUT2D eigenvalue weighted by atomic mass is 9.98. The van der Waals surface area contributed by atoms with Crippen molar-refractivity contribution in [2.45, 2.75) is 25.7 Å². The second-order valence-corrected chi connectivity index (χ2v) is 3.62. The zero-order valence-corrected chi connectivity index (χ0v) is 9.36. The standard InChI is InChI=1S/C12H20NO/c1-4-11(8-10-14-3)12-7-5-6-9-13(12)2/h5-7,9,11H,4,8,10H2,1-3H3/q+1. The molecule has 0 saturated heterocycles. The van der Waals surface area contributed by atoms with E-state index >= 15 is 0 Å². The minimum Gasteiger partial charge on any atom is -0.385 e. The number of rotatable bonds is 5. The SMILES string of the molecule is CCC(CCOC)c1cccc[n+]1C. The molecule has 1 aromatic rings. The number of hydrogen-bond acceptors (Lipinski definition) is 1. The van der Waals surface area contributed by atoms with Crippen molar-refractivity contribution in [1.82, 2.24) is 0 Å². The first kappa shape index (κ1) is 11.2. The molecular formula is C12H20NO+. The number of hydrogen-bond donors (Lipinski definition) is 0. The van der Waals surface area contributed by atoms with Gasteiger partial charge < -0.3 is 4.74 Å². The van der Waals surface area contributed by atoms with E-state index in [2.05, 4.69) is 42.9 Å². The lowest BCUT2D eigenvalue weighted by molar-refractivity contribution is -0.680. The summed E-state index contributed by atoms with van der Waals surface area (Å²) in [4.78, 5) is 0. The van der Waals surface area contributed by atoms with Crippen LogP contribution in [0.2, 0.25) is 0 Å². The molecule has 0 aliphatic carbocycles. The van der Waals surface area contributed by atoms with Gasteiger partial charge >= 0.3 is 0 Å². The average Bonchev–Trinajstić information content (AvgIpc) is 2.21. The van der Waals surface area contributed by atoms with Crippen LogP contribution >= 0.6 is 0 Å². The average molecular weight is 194 g/mol. The lowest BCUT2D eigenvalue weighted by Crippen LogP contribution is -2.34. The molecule has 1 atom stereocenters. The Bertz CT molecular complexity index is 273. The summed E-state index contributed by atoms with van der Waals surface area (Å²) in [6.45, 7) is 3.07. The van der Waals surface area contributed by atoms with Gasteiger partial charge in [0.05, 0.1) is 0 Å². The van der Waals surface area contributed by atoms with Crippen molar-refractivity contribution in [1.29, 1.82) is 0 Å². The summed E-state index contributed by atoms with van der Waals surface area (Å²) in [7, 11) is 3.86. The van der Waals surface area contributed by atoms with E-state index in [4.69, 9.17) is 4.74 Å². The van der Waals surface area contributed by atoms with Crippen LogP contribution in [0.25, 0.3) is 0 Å². The van der Waals surface area contributed by atoms with Gasteiger partial charge in [-0.2, -0.15) is 0 Å². The molecule has 0 bridgehead atoms. The predicted molar refractivity (Wildman–Crippen MR) is 57.1 cm³/mol. The number of methoxy groups -OCH3 is 1. The molecule has 0 radical (unpaired) electrons. The molecule has 0 amide bonds. The molecule has 0 fully saturated rings. The molecular weight excluding hydrogens is 174 g/mol. The molecule has 0 aliphatic rings. The summed E-state index contributed by atoms with van der Waals surface area (Å²) in [6, 6.07) is 6.36. The van der Waals surface area contributed by atoms with E-state index in [1.807, 2.05) is 0 Å². The largest absolute Gasteiger partial charge is 0.385 e. The van der Waals surface area contributed by atoms with Gasteiger partial charge in [-0.3, -0.25) is 0 Å². The number of aryl methyl sites for hydroxylation is 1. The van der Waals surface area contributed by atoms with Crippen molar-refractivity contribution >= 4 is 0 Å². The Hall–Kier alpha value is -0.890. The molecule has 0 saturated carbocycles. The molecule has 0 aromatic carbocycles. The number of aromatic nitrogens is 1. The van der Waals surface area contributed by atoms with E-state index in [0.717, 1.165) is 13.0 Å². The molecule has 2 nitrogen and oxygen atoms in total. The van der Waals surface area contributed by atoms with Crippen LogP contribution in [-0.4, -0.2) is 13.7 Å². The van der Waals surface area contributed by atoms with Gasteiger partial charge in [-0.1, -0.05) is 13.0 Å². The first-order valence-corrected chi connectivity index (χ1v) is 5.23. The third kappa shape index (κ3) is 2.81.